The van der Waals surface area contributed by atoms with Crippen molar-refractivity contribution < 1.29 is 4.79 Å². The van der Waals surface area contributed by atoms with Crippen molar-refractivity contribution in [1.29, 1.82) is 5.26 Å². The molecule has 5 aliphatic rings. The van der Waals surface area contributed by atoms with Gasteiger partial charge in [0, 0.05) is 12.1 Å². The molecule has 5 fully saturated rings. The molecule has 0 N–H and O–H groups in total. The molecule has 5 aliphatic carbocycles. The monoisotopic (exact) mass is 467 g/mol. The molecule has 4 nitrogen and oxygen atoms in total. The molecule has 0 aromatic carbocycles. The van der Waals surface area contributed by atoms with Crippen molar-refractivity contribution in [3.63, 3.8) is 0 Å². The number of halogens is 1. The van der Waals surface area contributed by atoms with E-state index in [4.69, 9.17) is 11.6 Å². The van der Waals surface area contributed by atoms with Crippen LogP contribution in [0.25, 0.3) is 0 Å². The van der Waals surface area contributed by atoms with Gasteiger partial charge < -0.3 is 0 Å². The van der Waals surface area contributed by atoms with Crippen molar-refractivity contribution >= 4 is 17.4 Å². The SMILES string of the molecule is C[C@H]1CC[C@H]2[C@H](CC[C@@H]3[C@@H]2CC[C@@]2(C)[C@H]3[C@H](C3CC3)C[C@@H]2C(=O)Cn2cc(C#N)c(Cl)n2)C1. The summed E-state index contributed by atoms with van der Waals surface area (Å²) in [6.07, 6.45) is 15.2. The van der Waals surface area contributed by atoms with Crippen LogP contribution in [0.15, 0.2) is 6.20 Å². The van der Waals surface area contributed by atoms with Gasteiger partial charge in [0.1, 0.15) is 11.6 Å². The lowest BCUT2D eigenvalue weighted by molar-refractivity contribution is -0.131. The van der Waals surface area contributed by atoms with Gasteiger partial charge >= 0.3 is 0 Å². The Hall–Kier alpha value is -1.34. The van der Waals surface area contributed by atoms with Gasteiger partial charge in [0.25, 0.3) is 0 Å². The Bertz CT molecular complexity index is 976. The van der Waals surface area contributed by atoms with E-state index in [2.05, 4.69) is 25.0 Å². The number of nitriles is 1. The number of carbonyl (C=O) groups excluding carboxylic acids is 1. The quantitative estimate of drug-likeness (QED) is 0.506. The van der Waals surface area contributed by atoms with Crippen LogP contribution >= 0.6 is 11.6 Å². The summed E-state index contributed by atoms with van der Waals surface area (Å²) in [5.74, 6) is 7.37. The van der Waals surface area contributed by atoms with Gasteiger partial charge in [-0.1, -0.05) is 31.9 Å². The van der Waals surface area contributed by atoms with Gasteiger partial charge in [-0.15, -0.1) is 0 Å². The van der Waals surface area contributed by atoms with Gasteiger partial charge in [0.05, 0.1) is 6.54 Å². The minimum Gasteiger partial charge on any atom is -0.297 e. The average molecular weight is 468 g/mol. The minimum absolute atomic E-state index is 0.131. The van der Waals surface area contributed by atoms with Gasteiger partial charge in [-0.05, 0) is 111 Å². The van der Waals surface area contributed by atoms with Crippen LogP contribution in [0.1, 0.15) is 83.6 Å². The number of nitrogens with zero attached hydrogens (tertiary/aromatic N) is 3. The maximum atomic E-state index is 13.7. The first-order valence-electron chi connectivity index (χ1n) is 13.5. The first-order chi connectivity index (χ1) is 15.9. The molecular weight excluding hydrogens is 430 g/mol. The average Bonchev–Trinajstić information content (AvgIpc) is 3.50. The zero-order valence-corrected chi connectivity index (χ0v) is 20.9. The Labute approximate surface area is 203 Å². The number of Topliss-reactive ketones (excluding diaryl/α,β-unsaturated/α-hetero) is 1. The van der Waals surface area contributed by atoms with Crippen molar-refractivity contribution in [1.82, 2.24) is 9.78 Å². The molecule has 5 saturated carbocycles. The van der Waals surface area contributed by atoms with Crippen molar-refractivity contribution in [3.05, 3.63) is 16.9 Å². The summed E-state index contributed by atoms with van der Waals surface area (Å²) in [5, 5.41) is 13.7. The van der Waals surface area contributed by atoms with Crippen LogP contribution in [-0.2, 0) is 11.3 Å². The molecule has 0 unspecified atom stereocenters. The molecule has 0 saturated heterocycles. The molecule has 1 heterocycles. The first kappa shape index (κ1) is 22.1. The fourth-order valence-electron chi connectivity index (χ4n) is 9.60. The zero-order valence-electron chi connectivity index (χ0n) is 20.2. The minimum atomic E-state index is 0.131. The Balaban J connectivity index is 1.26. The molecule has 0 amide bonds. The van der Waals surface area contributed by atoms with Crippen molar-refractivity contribution in [2.45, 2.75) is 84.6 Å². The second kappa shape index (κ2) is 8.11. The lowest BCUT2D eigenvalue weighted by Gasteiger charge is -2.57. The summed E-state index contributed by atoms with van der Waals surface area (Å²) in [6.45, 7) is 5.19. The molecule has 1 aromatic rings. The molecule has 9 atom stereocenters. The molecule has 178 valence electrons. The first-order valence-corrected chi connectivity index (χ1v) is 13.9. The highest BCUT2D eigenvalue weighted by Gasteiger charge is 2.63. The van der Waals surface area contributed by atoms with Crippen LogP contribution in [0.3, 0.4) is 0 Å². The van der Waals surface area contributed by atoms with E-state index in [0.29, 0.717) is 11.3 Å². The number of ketones is 1. The number of rotatable bonds is 4. The molecular formula is C28H38ClN3O. The van der Waals surface area contributed by atoms with Crippen LogP contribution in [0.2, 0.25) is 5.15 Å². The summed E-state index contributed by atoms with van der Waals surface area (Å²) < 4.78 is 1.60. The van der Waals surface area contributed by atoms with Crippen LogP contribution in [0.5, 0.6) is 0 Å². The van der Waals surface area contributed by atoms with Crippen LogP contribution < -0.4 is 0 Å². The predicted molar refractivity (Wildman–Crippen MR) is 128 cm³/mol. The largest absolute Gasteiger partial charge is 0.297 e. The third-order valence-electron chi connectivity index (χ3n) is 11.0. The van der Waals surface area contributed by atoms with Crippen LogP contribution in [-0.4, -0.2) is 15.6 Å². The Kier molecular flexibility index (Phi) is 5.44. The molecule has 0 bridgehead atoms. The van der Waals surface area contributed by atoms with Crippen molar-refractivity contribution in [2.75, 3.05) is 0 Å². The summed E-state index contributed by atoms with van der Waals surface area (Å²) in [7, 11) is 0. The third-order valence-corrected chi connectivity index (χ3v) is 11.3. The maximum Gasteiger partial charge on any atom is 0.168 e. The van der Waals surface area contributed by atoms with Crippen molar-refractivity contribution in [2.24, 2.45) is 58.7 Å². The number of fused-ring (bicyclic) bond motifs is 5. The maximum absolute atomic E-state index is 13.7. The van der Waals surface area contributed by atoms with E-state index >= 15 is 0 Å². The highest BCUT2D eigenvalue weighted by molar-refractivity contribution is 6.30. The standard InChI is InChI=1S/C28H38ClN3O/c1-16-3-7-20-18(11-16)6-8-22-21(20)9-10-28(2)24(12-23(26(22)28)17-4-5-17)25(33)15-32-14-19(13-30)27(29)31-32/h14,16-18,20-24,26H,3-12,15H2,1-2H3/t16-,18+,20-,21+,22+,23-,24+,26+,28+/m0/s1. The number of carbonyl (C=O) groups is 1. The van der Waals surface area contributed by atoms with E-state index in [1.54, 1.807) is 10.9 Å². The summed E-state index contributed by atoms with van der Waals surface area (Å²) in [4.78, 5) is 13.7. The highest BCUT2D eigenvalue weighted by atomic mass is 35.5. The Morgan fingerprint density at radius 1 is 1.09 bits per heavy atom. The number of hydrogen-bond donors (Lipinski definition) is 0. The molecule has 5 heteroatoms. The fraction of sp³-hybridized carbons (Fsp3) is 0.821. The molecule has 0 aliphatic heterocycles. The van der Waals surface area contributed by atoms with Crippen LogP contribution in [0.4, 0.5) is 0 Å². The van der Waals surface area contributed by atoms with E-state index in [0.717, 1.165) is 53.8 Å². The smallest absolute Gasteiger partial charge is 0.168 e. The number of hydrogen-bond acceptors (Lipinski definition) is 3. The highest BCUT2D eigenvalue weighted by Crippen LogP contribution is 2.69. The van der Waals surface area contributed by atoms with Gasteiger partial charge in [-0.2, -0.15) is 10.4 Å². The van der Waals surface area contributed by atoms with Gasteiger partial charge in [0.2, 0.25) is 0 Å². The molecule has 6 rings (SSSR count). The summed E-state index contributed by atoms with van der Waals surface area (Å²) in [6, 6.07) is 2.07. The van der Waals surface area contributed by atoms with Gasteiger partial charge in [0.15, 0.2) is 10.9 Å². The van der Waals surface area contributed by atoms with Gasteiger partial charge in [-0.3, -0.25) is 9.48 Å². The normalized spacial score (nSPS) is 44.4. The number of aromatic nitrogens is 2. The van der Waals surface area contributed by atoms with Gasteiger partial charge in [-0.25, -0.2) is 0 Å². The van der Waals surface area contributed by atoms with E-state index < -0.39 is 0 Å². The van der Waals surface area contributed by atoms with E-state index in [1.807, 2.05) is 0 Å². The lowest BCUT2D eigenvalue weighted by Crippen LogP contribution is -2.50. The summed E-state index contributed by atoms with van der Waals surface area (Å²) >= 11 is 6.07. The molecule has 0 spiro atoms. The molecule has 1 aromatic heterocycles. The Morgan fingerprint density at radius 3 is 2.58 bits per heavy atom. The second-order valence-corrected chi connectivity index (χ2v) is 13.1. The third kappa shape index (κ3) is 3.60. The van der Waals surface area contributed by atoms with E-state index in [9.17, 15) is 10.1 Å². The fourth-order valence-corrected chi connectivity index (χ4v) is 9.79. The van der Waals surface area contributed by atoms with Crippen LogP contribution in [0, 0.1) is 70.0 Å². The molecule has 0 radical (unpaired) electrons. The predicted octanol–water partition coefficient (Wildman–Crippen LogP) is 6.52. The zero-order chi connectivity index (χ0) is 22.9. The summed E-state index contributed by atoms with van der Waals surface area (Å²) in [5.41, 5.74) is 0.491. The van der Waals surface area contributed by atoms with Crippen molar-refractivity contribution in [3.8, 4) is 6.07 Å². The van der Waals surface area contributed by atoms with E-state index in [-0.39, 0.29) is 23.0 Å². The Morgan fingerprint density at radius 2 is 1.85 bits per heavy atom. The lowest BCUT2D eigenvalue weighted by atomic mass is 9.48. The topological polar surface area (TPSA) is 58.7 Å². The molecule has 33 heavy (non-hydrogen) atoms. The second-order valence-electron chi connectivity index (χ2n) is 12.7. The van der Waals surface area contributed by atoms with E-state index in [1.165, 1.54) is 57.8 Å².